The smallest absolute Gasteiger partial charge is 0.157 e. The van der Waals surface area contributed by atoms with E-state index in [2.05, 4.69) is 10.6 Å². The highest BCUT2D eigenvalue weighted by molar-refractivity contribution is 5.41. The zero-order chi connectivity index (χ0) is 18.5. The minimum atomic E-state index is -0.0951. The van der Waals surface area contributed by atoms with Gasteiger partial charge in [-0.3, -0.25) is 0 Å². The number of phenolic OH excluding ortho intramolecular Hbond substituents is 4. The van der Waals surface area contributed by atoms with Crippen molar-refractivity contribution in [3.05, 3.63) is 47.5 Å². The number of nitrogens with one attached hydrogen (secondary N) is 2. The minimum Gasteiger partial charge on any atom is -0.504 e. The van der Waals surface area contributed by atoms with Crippen molar-refractivity contribution < 1.29 is 20.4 Å². The van der Waals surface area contributed by atoms with E-state index in [1.54, 1.807) is 12.1 Å². The van der Waals surface area contributed by atoms with Gasteiger partial charge in [-0.25, -0.2) is 0 Å². The second-order valence-electron chi connectivity index (χ2n) is 6.96. The van der Waals surface area contributed by atoms with Gasteiger partial charge in [0, 0.05) is 25.2 Å². The summed E-state index contributed by atoms with van der Waals surface area (Å²) in [6, 6.07) is 10.7. The van der Waals surface area contributed by atoms with Crippen LogP contribution in [0.1, 0.15) is 36.8 Å². The first kappa shape index (κ1) is 18.4. The summed E-state index contributed by atoms with van der Waals surface area (Å²) in [5, 5.41) is 44.8. The Morgan fingerprint density at radius 3 is 1.35 bits per heavy atom. The molecule has 6 N–H and O–H groups in total. The lowest BCUT2D eigenvalue weighted by atomic mass is 9.91. The predicted molar refractivity (Wildman–Crippen MR) is 99.3 cm³/mol. The van der Waals surface area contributed by atoms with Gasteiger partial charge in [0.05, 0.1) is 0 Å². The predicted octanol–water partition coefficient (Wildman–Crippen LogP) is 2.70. The largest absolute Gasteiger partial charge is 0.504 e. The second kappa shape index (κ2) is 8.29. The first-order valence-corrected chi connectivity index (χ1v) is 9.00. The minimum absolute atomic E-state index is 0.0857. The van der Waals surface area contributed by atoms with Gasteiger partial charge in [-0.1, -0.05) is 12.1 Å². The van der Waals surface area contributed by atoms with Crippen molar-refractivity contribution in [2.24, 2.45) is 0 Å². The summed E-state index contributed by atoms with van der Waals surface area (Å²) in [7, 11) is 0. The van der Waals surface area contributed by atoms with Crippen LogP contribution in [0.25, 0.3) is 0 Å². The second-order valence-corrected chi connectivity index (χ2v) is 6.96. The fourth-order valence-electron chi connectivity index (χ4n) is 3.38. The molecule has 0 saturated heterocycles. The van der Waals surface area contributed by atoms with Crippen LogP contribution in [0.2, 0.25) is 0 Å². The van der Waals surface area contributed by atoms with Gasteiger partial charge in [0.2, 0.25) is 0 Å². The summed E-state index contributed by atoms with van der Waals surface area (Å²) in [4.78, 5) is 0. The lowest BCUT2D eigenvalue weighted by Crippen LogP contribution is -2.39. The molecule has 0 aliphatic heterocycles. The summed E-state index contributed by atoms with van der Waals surface area (Å²) in [5.74, 6) is -0.362. The van der Waals surface area contributed by atoms with Gasteiger partial charge in [-0.2, -0.15) is 0 Å². The maximum atomic E-state index is 9.54. The van der Waals surface area contributed by atoms with Crippen molar-refractivity contribution >= 4 is 0 Å². The molecule has 0 aromatic heterocycles. The summed E-state index contributed by atoms with van der Waals surface area (Å²) < 4.78 is 0. The van der Waals surface area contributed by atoms with E-state index in [1.165, 1.54) is 12.1 Å². The molecule has 1 fully saturated rings. The molecule has 140 valence electrons. The van der Waals surface area contributed by atoms with Crippen LogP contribution >= 0.6 is 0 Å². The lowest BCUT2D eigenvalue weighted by molar-refractivity contribution is 0.305. The Morgan fingerprint density at radius 2 is 1.00 bits per heavy atom. The number of hydrogen-bond acceptors (Lipinski definition) is 6. The maximum absolute atomic E-state index is 9.54. The van der Waals surface area contributed by atoms with E-state index in [1.807, 2.05) is 12.1 Å². The first-order valence-electron chi connectivity index (χ1n) is 9.00. The highest BCUT2D eigenvalue weighted by Crippen LogP contribution is 2.26. The summed E-state index contributed by atoms with van der Waals surface area (Å²) in [6.45, 7) is 1.34. The van der Waals surface area contributed by atoms with Crippen LogP contribution in [-0.4, -0.2) is 32.5 Å². The first-order chi connectivity index (χ1) is 12.5. The molecule has 0 unspecified atom stereocenters. The molecular weight excluding hydrogens is 332 g/mol. The Bertz CT molecular complexity index is 679. The molecule has 1 aliphatic rings. The van der Waals surface area contributed by atoms with E-state index < -0.39 is 0 Å². The van der Waals surface area contributed by atoms with Crippen molar-refractivity contribution in [1.29, 1.82) is 0 Å². The van der Waals surface area contributed by atoms with Gasteiger partial charge in [0.1, 0.15) is 0 Å². The van der Waals surface area contributed by atoms with Crippen LogP contribution < -0.4 is 10.6 Å². The van der Waals surface area contributed by atoms with Crippen molar-refractivity contribution in [3.8, 4) is 23.0 Å². The van der Waals surface area contributed by atoms with Gasteiger partial charge >= 0.3 is 0 Å². The monoisotopic (exact) mass is 358 g/mol. The third-order valence-electron chi connectivity index (χ3n) is 5.00. The Labute approximate surface area is 153 Å². The third kappa shape index (κ3) is 4.80. The molecule has 0 radical (unpaired) electrons. The Hall–Kier alpha value is -2.44. The fourth-order valence-corrected chi connectivity index (χ4v) is 3.38. The van der Waals surface area contributed by atoms with Gasteiger partial charge in [-0.05, 0) is 61.1 Å². The molecule has 1 saturated carbocycles. The van der Waals surface area contributed by atoms with Crippen LogP contribution in [0, 0.1) is 0 Å². The fraction of sp³-hybridized carbons (Fsp3) is 0.400. The molecule has 6 heteroatoms. The molecule has 26 heavy (non-hydrogen) atoms. The molecule has 0 bridgehead atoms. The third-order valence-corrected chi connectivity index (χ3v) is 5.00. The molecule has 2 aromatic carbocycles. The van der Waals surface area contributed by atoms with E-state index in [-0.39, 0.29) is 23.0 Å². The Morgan fingerprint density at radius 1 is 0.615 bits per heavy atom. The van der Waals surface area contributed by atoms with Crippen LogP contribution in [0.15, 0.2) is 36.4 Å². The van der Waals surface area contributed by atoms with Crippen molar-refractivity contribution in [1.82, 2.24) is 10.6 Å². The normalized spacial score (nSPS) is 20.2. The number of benzene rings is 2. The van der Waals surface area contributed by atoms with Crippen molar-refractivity contribution in [3.63, 3.8) is 0 Å². The van der Waals surface area contributed by atoms with Crippen LogP contribution in [0.5, 0.6) is 23.0 Å². The van der Waals surface area contributed by atoms with E-state index in [9.17, 15) is 20.4 Å². The van der Waals surface area contributed by atoms with E-state index in [0.29, 0.717) is 25.2 Å². The SMILES string of the molecule is Oc1ccc(CN[C@H]2CC[C@H](NCc3ccc(O)c(O)c3)CC2)cc1O. The molecule has 1 aliphatic carbocycles. The highest BCUT2D eigenvalue weighted by Gasteiger charge is 2.20. The molecule has 0 amide bonds. The number of aromatic hydroxyl groups is 4. The highest BCUT2D eigenvalue weighted by atomic mass is 16.3. The van der Waals surface area contributed by atoms with Crippen LogP contribution in [0.3, 0.4) is 0 Å². The number of phenols is 4. The number of hydrogen-bond donors (Lipinski definition) is 6. The van der Waals surface area contributed by atoms with E-state index >= 15 is 0 Å². The molecule has 3 rings (SSSR count). The van der Waals surface area contributed by atoms with E-state index in [0.717, 1.165) is 36.8 Å². The quantitative estimate of drug-likeness (QED) is 0.444. The molecule has 0 spiro atoms. The summed E-state index contributed by atoms with van der Waals surface area (Å²) in [6.07, 6.45) is 4.29. The van der Waals surface area contributed by atoms with Crippen molar-refractivity contribution in [2.75, 3.05) is 0 Å². The van der Waals surface area contributed by atoms with Gasteiger partial charge in [0.15, 0.2) is 23.0 Å². The Balaban J connectivity index is 1.39. The average molecular weight is 358 g/mol. The molecule has 0 heterocycles. The van der Waals surface area contributed by atoms with Crippen LogP contribution in [-0.2, 0) is 13.1 Å². The van der Waals surface area contributed by atoms with E-state index in [4.69, 9.17) is 0 Å². The summed E-state index contributed by atoms with van der Waals surface area (Å²) >= 11 is 0. The van der Waals surface area contributed by atoms with Gasteiger partial charge in [-0.15, -0.1) is 0 Å². The van der Waals surface area contributed by atoms with Gasteiger partial charge < -0.3 is 31.1 Å². The molecular formula is C20H26N2O4. The van der Waals surface area contributed by atoms with Gasteiger partial charge in [0.25, 0.3) is 0 Å². The standard InChI is InChI=1S/C20H26N2O4/c23-17-7-1-13(9-19(17)25)11-21-15-3-5-16(6-4-15)22-12-14-2-8-18(24)20(26)10-14/h1-2,7-10,15-16,21-26H,3-6,11-12H2/t15-,16-. The Kier molecular flexibility index (Phi) is 5.85. The maximum Gasteiger partial charge on any atom is 0.157 e. The molecule has 6 nitrogen and oxygen atoms in total. The lowest BCUT2D eigenvalue weighted by Gasteiger charge is -2.30. The summed E-state index contributed by atoms with van der Waals surface area (Å²) in [5.41, 5.74) is 1.90. The average Bonchev–Trinajstić information content (AvgIpc) is 2.64. The topological polar surface area (TPSA) is 105 Å². The van der Waals surface area contributed by atoms with Crippen molar-refractivity contribution in [2.45, 2.75) is 50.9 Å². The molecule has 0 atom stereocenters. The number of rotatable bonds is 6. The zero-order valence-electron chi connectivity index (χ0n) is 14.7. The molecule has 2 aromatic rings. The van der Waals surface area contributed by atoms with Crippen LogP contribution in [0.4, 0.5) is 0 Å². The zero-order valence-corrected chi connectivity index (χ0v) is 14.7.